The lowest BCUT2D eigenvalue weighted by molar-refractivity contribution is -0.140. The van der Waals surface area contributed by atoms with Gasteiger partial charge in [-0.2, -0.15) is 0 Å². The van der Waals surface area contributed by atoms with Gasteiger partial charge in [0.05, 0.1) is 6.61 Å². The zero-order valence-electron chi connectivity index (χ0n) is 6.20. The molecule has 0 aromatic carbocycles. The Morgan fingerprint density at radius 1 is 1.73 bits per heavy atom. The normalized spacial score (nSPS) is 11.2. The molecule has 0 aliphatic rings. The number of carbonyl (C=O) groups is 1. The van der Waals surface area contributed by atoms with Gasteiger partial charge in [0.25, 0.3) is 0 Å². The van der Waals surface area contributed by atoms with Gasteiger partial charge in [-0.15, -0.1) is 0 Å². The van der Waals surface area contributed by atoms with Gasteiger partial charge in [0.2, 0.25) is 0 Å². The predicted octanol–water partition coefficient (Wildman–Crippen LogP) is -1.09. The van der Waals surface area contributed by atoms with Crippen molar-refractivity contribution < 1.29 is 19.7 Å². The number of rotatable bonds is 3. The molecule has 0 saturated carbocycles. The fraction of sp³-hybridized carbons (Fsp3) is 0.571. The van der Waals surface area contributed by atoms with Gasteiger partial charge in [0.1, 0.15) is 12.7 Å². The maximum atomic E-state index is 10.5. The van der Waals surface area contributed by atoms with Crippen molar-refractivity contribution in [1.82, 2.24) is 0 Å². The highest BCUT2D eigenvalue weighted by atomic mass is 16.5. The Labute approximate surface area is 64.8 Å². The number of aliphatic hydroxyl groups excluding tert-OH is 2. The number of hydrogen-bond donors (Lipinski definition) is 2. The highest BCUT2D eigenvalue weighted by Crippen LogP contribution is 1.83. The summed E-state index contributed by atoms with van der Waals surface area (Å²) in [6, 6.07) is 0. The van der Waals surface area contributed by atoms with Crippen molar-refractivity contribution in [3.8, 4) is 11.8 Å². The zero-order chi connectivity index (χ0) is 8.69. The fourth-order valence-electron chi connectivity index (χ4n) is 0.363. The Morgan fingerprint density at radius 3 is 2.82 bits per heavy atom. The molecule has 62 valence electrons. The molecule has 1 atom stereocenters. The first-order valence-electron chi connectivity index (χ1n) is 3.09. The van der Waals surface area contributed by atoms with Crippen molar-refractivity contribution in [2.45, 2.75) is 13.0 Å². The summed E-state index contributed by atoms with van der Waals surface area (Å²) in [5, 5.41) is 17.0. The summed E-state index contributed by atoms with van der Waals surface area (Å²) in [6.45, 7) is 0.862. The van der Waals surface area contributed by atoms with Crippen LogP contribution in [0.3, 0.4) is 0 Å². The van der Waals surface area contributed by atoms with Crippen LogP contribution in [0.1, 0.15) is 6.92 Å². The van der Waals surface area contributed by atoms with Crippen molar-refractivity contribution >= 4 is 5.97 Å². The van der Waals surface area contributed by atoms with Gasteiger partial charge in [0.15, 0.2) is 0 Å². The molecule has 4 nitrogen and oxygen atoms in total. The van der Waals surface area contributed by atoms with Crippen molar-refractivity contribution in [3.63, 3.8) is 0 Å². The Morgan fingerprint density at radius 2 is 2.36 bits per heavy atom. The molecule has 0 rings (SSSR count). The third kappa shape index (κ3) is 5.40. The van der Waals surface area contributed by atoms with E-state index < -0.39 is 18.7 Å². The molecule has 0 radical (unpaired) electrons. The predicted molar refractivity (Wildman–Crippen MR) is 37.5 cm³/mol. The van der Waals surface area contributed by atoms with E-state index >= 15 is 0 Å². The number of ether oxygens (including phenoxy) is 1. The zero-order valence-corrected chi connectivity index (χ0v) is 6.20. The van der Waals surface area contributed by atoms with Crippen molar-refractivity contribution in [2.75, 3.05) is 13.2 Å². The summed E-state index contributed by atoms with van der Waals surface area (Å²) in [5.41, 5.74) is 0. The van der Waals surface area contributed by atoms with E-state index in [0.717, 1.165) is 0 Å². The minimum Gasteiger partial charge on any atom is -0.453 e. The quantitative estimate of drug-likeness (QED) is 0.311. The first kappa shape index (κ1) is 9.95. The maximum absolute atomic E-state index is 10.5. The van der Waals surface area contributed by atoms with Gasteiger partial charge in [-0.05, 0) is 6.92 Å². The topological polar surface area (TPSA) is 66.8 Å². The molecular formula is C7H10O4. The van der Waals surface area contributed by atoms with Crippen LogP contribution in [0.25, 0.3) is 0 Å². The number of hydrogen-bond acceptors (Lipinski definition) is 4. The van der Waals surface area contributed by atoms with E-state index in [4.69, 9.17) is 10.2 Å². The minimum absolute atomic E-state index is 0.218. The van der Waals surface area contributed by atoms with Gasteiger partial charge < -0.3 is 14.9 Å². The van der Waals surface area contributed by atoms with E-state index in [-0.39, 0.29) is 6.61 Å². The first-order chi connectivity index (χ1) is 5.20. The number of carbonyl (C=O) groups excluding carboxylic acids is 1. The van der Waals surface area contributed by atoms with Gasteiger partial charge in [-0.3, -0.25) is 0 Å². The van der Waals surface area contributed by atoms with Gasteiger partial charge in [-0.1, -0.05) is 5.92 Å². The summed E-state index contributed by atoms with van der Waals surface area (Å²) in [5.74, 6) is 3.77. The van der Waals surface area contributed by atoms with E-state index in [9.17, 15) is 4.79 Å². The molecule has 0 aliphatic carbocycles. The first-order valence-corrected chi connectivity index (χ1v) is 3.09. The molecule has 0 aromatic heterocycles. The minimum atomic E-state index is -1.02. The Kier molecular flexibility index (Phi) is 5.17. The molecule has 0 fully saturated rings. The van der Waals surface area contributed by atoms with Crippen molar-refractivity contribution in [1.29, 1.82) is 0 Å². The molecule has 0 aromatic rings. The Hall–Kier alpha value is -1.05. The van der Waals surface area contributed by atoms with E-state index in [0.29, 0.717) is 0 Å². The summed E-state index contributed by atoms with van der Waals surface area (Å²) >= 11 is 0. The van der Waals surface area contributed by atoms with Crippen LogP contribution >= 0.6 is 0 Å². The number of esters is 1. The highest BCUT2D eigenvalue weighted by molar-refractivity contribution is 5.88. The largest absolute Gasteiger partial charge is 0.453 e. The molecule has 2 N–H and O–H groups in total. The second-order valence-corrected chi connectivity index (χ2v) is 1.81. The van der Waals surface area contributed by atoms with Crippen LogP contribution < -0.4 is 0 Å². The van der Waals surface area contributed by atoms with Crippen LogP contribution in [0.5, 0.6) is 0 Å². The lowest BCUT2D eigenvalue weighted by atomic mass is 10.4. The van der Waals surface area contributed by atoms with Crippen LogP contribution in [0.2, 0.25) is 0 Å². The monoisotopic (exact) mass is 158 g/mol. The second-order valence-electron chi connectivity index (χ2n) is 1.81. The molecular weight excluding hydrogens is 148 g/mol. The molecule has 0 amide bonds. The molecule has 0 spiro atoms. The molecule has 0 aliphatic heterocycles. The smallest absolute Gasteiger partial charge is 0.384 e. The summed E-state index contributed by atoms with van der Waals surface area (Å²) in [4.78, 5) is 10.5. The van der Waals surface area contributed by atoms with Gasteiger partial charge in [0, 0.05) is 5.92 Å². The van der Waals surface area contributed by atoms with Crippen LogP contribution in [0, 0.1) is 11.8 Å². The molecule has 0 heterocycles. The van der Waals surface area contributed by atoms with Crippen molar-refractivity contribution in [3.05, 3.63) is 0 Å². The maximum Gasteiger partial charge on any atom is 0.384 e. The average Bonchev–Trinajstić information content (AvgIpc) is 2.01. The van der Waals surface area contributed by atoms with Crippen LogP contribution in [0.4, 0.5) is 0 Å². The SMILES string of the molecule is CC#CC(=O)OCC(O)CO. The second kappa shape index (κ2) is 5.71. The van der Waals surface area contributed by atoms with Crippen LogP contribution in [-0.2, 0) is 9.53 Å². The van der Waals surface area contributed by atoms with Crippen molar-refractivity contribution in [2.24, 2.45) is 0 Å². The van der Waals surface area contributed by atoms with Crippen LogP contribution in [-0.4, -0.2) is 35.5 Å². The van der Waals surface area contributed by atoms with Crippen LogP contribution in [0.15, 0.2) is 0 Å². The fourth-order valence-corrected chi connectivity index (χ4v) is 0.363. The Balaban J connectivity index is 3.51. The van der Waals surface area contributed by atoms with E-state index in [1.165, 1.54) is 6.92 Å². The lowest BCUT2D eigenvalue weighted by Crippen LogP contribution is -2.21. The Bertz CT molecular complexity index is 177. The summed E-state index contributed by atoms with van der Waals surface area (Å²) < 4.78 is 4.41. The third-order valence-electron chi connectivity index (χ3n) is 0.845. The molecule has 4 heteroatoms. The summed E-state index contributed by atoms with van der Waals surface area (Å²) in [7, 11) is 0. The average molecular weight is 158 g/mol. The molecule has 1 unspecified atom stereocenters. The third-order valence-corrected chi connectivity index (χ3v) is 0.845. The van der Waals surface area contributed by atoms with Gasteiger partial charge in [-0.25, -0.2) is 4.79 Å². The van der Waals surface area contributed by atoms with E-state index in [1.54, 1.807) is 0 Å². The standard InChI is InChI=1S/C7H10O4/c1-2-3-7(10)11-5-6(9)4-8/h6,8-9H,4-5H2,1H3. The van der Waals surface area contributed by atoms with E-state index in [2.05, 4.69) is 16.6 Å². The molecule has 0 bridgehead atoms. The van der Waals surface area contributed by atoms with Gasteiger partial charge >= 0.3 is 5.97 Å². The molecule has 11 heavy (non-hydrogen) atoms. The van der Waals surface area contributed by atoms with E-state index in [1.807, 2.05) is 0 Å². The number of aliphatic hydroxyl groups is 2. The lowest BCUT2D eigenvalue weighted by Gasteiger charge is -2.04. The molecule has 0 saturated heterocycles. The highest BCUT2D eigenvalue weighted by Gasteiger charge is 2.04. The summed E-state index contributed by atoms with van der Waals surface area (Å²) in [6.07, 6.45) is -1.02.